The zero-order chi connectivity index (χ0) is 12.5. The number of hydrogen-bond donors (Lipinski definition) is 1. The summed E-state index contributed by atoms with van der Waals surface area (Å²) < 4.78 is 13.1. The van der Waals surface area contributed by atoms with E-state index >= 15 is 0 Å². The van der Waals surface area contributed by atoms with E-state index < -0.39 is 0 Å². The second-order valence-corrected chi connectivity index (χ2v) is 5.28. The lowest BCUT2D eigenvalue weighted by Gasteiger charge is -2.21. The number of benzene rings is 1. The molecule has 0 radical (unpaired) electrons. The van der Waals surface area contributed by atoms with Gasteiger partial charge in [-0.15, -0.1) is 11.3 Å². The van der Waals surface area contributed by atoms with Crippen LogP contribution in [0.3, 0.4) is 0 Å². The Morgan fingerprint density at radius 1 is 1.35 bits per heavy atom. The molecule has 0 aliphatic rings. The maximum atomic E-state index is 13.1. The van der Waals surface area contributed by atoms with E-state index in [1.165, 1.54) is 23.5 Å². The smallest absolute Gasteiger partial charge is 0.123 e. The highest BCUT2D eigenvalue weighted by molar-refractivity contribution is 7.13. The molecule has 0 fully saturated rings. The zero-order valence-electron chi connectivity index (χ0n) is 10.1. The van der Waals surface area contributed by atoms with E-state index in [0.717, 1.165) is 16.3 Å². The Bertz CT molecular complexity index is 520. The standard InChI is InChI=1S/C13H15FN2S/c1-13(2,15-3)11-8-17-12(16-11)9-5-4-6-10(14)7-9/h4-8,15H,1-3H3. The molecule has 2 aromatic rings. The summed E-state index contributed by atoms with van der Waals surface area (Å²) in [6, 6.07) is 6.53. The van der Waals surface area contributed by atoms with Crippen molar-refractivity contribution >= 4 is 11.3 Å². The van der Waals surface area contributed by atoms with Crippen molar-refractivity contribution in [3.8, 4) is 10.6 Å². The topological polar surface area (TPSA) is 24.9 Å². The van der Waals surface area contributed by atoms with Crippen molar-refractivity contribution in [3.05, 3.63) is 41.2 Å². The predicted octanol–water partition coefficient (Wildman–Crippen LogP) is 3.40. The summed E-state index contributed by atoms with van der Waals surface area (Å²) in [5.74, 6) is -0.230. The maximum absolute atomic E-state index is 13.1. The van der Waals surface area contributed by atoms with Gasteiger partial charge in [0.05, 0.1) is 11.2 Å². The van der Waals surface area contributed by atoms with Gasteiger partial charge in [-0.3, -0.25) is 0 Å². The van der Waals surface area contributed by atoms with Crippen LogP contribution < -0.4 is 5.32 Å². The van der Waals surface area contributed by atoms with Crippen molar-refractivity contribution in [1.82, 2.24) is 10.3 Å². The Morgan fingerprint density at radius 3 is 2.76 bits per heavy atom. The second-order valence-electron chi connectivity index (χ2n) is 4.42. The van der Waals surface area contributed by atoms with Crippen LogP contribution in [-0.4, -0.2) is 12.0 Å². The van der Waals surface area contributed by atoms with Crippen LogP contribution in [-0.2, 0) is 5.54 Å². The van der Waals surface area contributed by atoms with Gasteiger partial charge < -0.3 is 5.32 Å². The summed E-state index contributed by atoms with van der Waals surface area (Å²) in [5, 5.41) is 6.06. The highest BCUT2D eigenvalue weighted by Crippen LogP contribution is 2.28. The fourth-order valence-electron chi connectivity index (χ4n) is 1.44. The molecular formula is C13H15FN2S. The lowest BCUT2D eigenvalue weighted by Crippen LogP contribution is -2.33. The highest BCUT2D eigenvalue weighted by atomic mass is 32.1. The van der Waals surface area contributed by atoms with E-state index in [-0.39, 0.29) is 11.4 Å². The monoisotopic (exact) mass is 250 g/mol. The SMILES string of the molecule is CNC(C)(C)c1csc(-c2cccc(F)c2)n1. The number of aromatic nitrogens is 1. The fraction of sp³-hybridized carbons (Fsp3) is 0.308. The molecule has 0 atom stereocenters. The first-order valence-corrected chi connectivity index (χ1v) is 6.32. The van der Waals surface area contributed by atoms with Gasteiger partial charge >= 0.3 is 0 Å². The largest absolute Gasteiger partial charge is 0.310 e. The normalized spacial score (nSPS) is 11.8. The number of halogens is 1. The summed E-state index contributed by atoms with van der Waals surface area (Å²) in [6.07, 6.45) is 0. The molecule has 0 bridgehead atoms. The third-order valence-corrected chi connectivity index (χ3v) is 3.73. The van der Waals surface area contributed by atoms with Gasteiger partial charge in [-0.2, -0.15) is 0 Å². The molecule has 0 saturated carbocycles. The minimum absolute atomic E-state index is 0.165. The second kappa shape index (κ2) is 4.55. The van der Waals surface area contributed by atoms with Gasteiger partial charge in [-0.1, -0.05) is 12.1 Å². The van der Waals surface area contributed by atoms with Crippen molar-refractivity contribution in [2.45, 2.75) is 19.4 Å². The van der Waals surface area contributed by atoms with Crippen LogP contribution in [0, 0.1) is 5.82 Å². The highest BCUT2D eigenvalue weighted by Gasteiger charge is 2.21. The number of rotatable bonds is 3. The third-order valence-electron chi connectivity index (χ3n) is 2.84. The summed E-state index contributed by atoms with van der Waals surface area (Å²) in [4.78, 5) is 4.55. The minimum atomic E-state index is -0.230. The first-order valence-electron chi connectivity index (χ1n) is 5.44. The first kappa shape index (κ1) is 12.2. The summed E-state index contributed by atoms with van der Waals surface area (Å²) in [7, 11) is 1.90. The Hall–Kier alpha value is -1.26. The number of thiazole rings is 1. The molecule has 0 aliphatic carbocycles. The van der Waals surface area contributed by atoms with Gasteiger partial charge in [-0.05, 0) is 33.0 Å². The average molecular weight is 250 g/mol. The molecule has 1 N–H and O–H groups in total. The number of nitrogens with one attached hydrogen (secondary N) is 1. The van der Waals surface area contributed by atoms with Crippen LogP contribution in [0.1, 0.15) is 19.5 Å². The van der Waals surface area contributed by atoms with Crippen LogP contribution in [0.4, 0.5) is 4.39 Å². The van der Waals surface area contributed by atoms with Crippen molar-refractivity contribution in [1.29, 1.82) is 0 Å². The van der Waals surface area contributed by atoms with Crippen LogP contribution in [0.25, 0.3) is 10.6 Å². The van der Waals surface area contributed by atoms with E-state index in [9.17, 15) is 4.39 Å². The summed E-state index contributed by atoms with van der Waals surface area (Å²) in [5.41, 5.74) is 1.64. The van der Waals surface area contributed by atoms with Crippen molar-refractivity contribution < 1.29 is 4.39 Å². The van der Waals surface area contributed by atoms with E-state index in [2.05, 4.69) is 24.1 Å². The summed E-state index contributed by atoms with van der Waals surface area (Å²) >= 11 is 1.54. The molecule has 1 aromatic carbocycles. The van der Waals surface area contributed by atoms with Gasteiger partial charge in [0.15, 0.2) is 0 Å². The maximum Gasteiger partial charge on any atom is 0.123 e. The molecule has 2 nitrogen and oxygen atoms in total. The molecule has 1 aromatic heterocycles. The van der Waals surface area contributed by atoms with E-state index in [1.54, 1.807) is 6.07 Å². The molecule has 0 aliphatic heterocycles. The molecule has 4 heteroatoms. The van der Waals surface area contributed by atoms with E-state index in [4.69, 9.17) is 0 Å². The van der Waals surface area contributed by atoms with Crippen molar-refractivity contribution in [3.63, 3.8) is 0 Å². The quantitative estimate of drug-likeness (QED) is 0.903. The van der Waals surface area contributed by atoms with Crippen LogP contribution in [0.5, 0.6) is 0 Å². The van der Waals surface area contributed by atoms with Gasteiger partial charge in [0, 0.05) is 10.9 Å². The van der Waals surface area contributed by atoms with Crippen molar-refractivity contribution in [2.24, 2.45) is 0 Å². The van der Waals surface area contributed by atoms with Gasteiger partial charge in [0.1, 0.15) is 10.8 Å². The summed E-state index contributed by atoms with van der Waals surface area (Å²) in [6.45, 7) is 4.13. The zero-order valence-corrected chi connectivity index (χ0v) is 10.9. The predicted molar refractivity (Wildman–Crippen MR) is 69.6 cm³/mol. The fourth-order valence-corrected chi connectivity index (χ4v) is 2.43. The van der Waals surface area contributed by atoms with Gasteiger partial charge in [0.25, 0.3) is 0 Å². The first-order chi connectivity index (χ1) is 8.03. The average Bonchev–Trinajstić information content (AvgIpc) is 2.79. The molecule has 2 rings (SSSR count). The number of nitrogens with zero attached hydrogens (tertiary/aromatic N) is 1. The molecule has 1 heterocycles. The molecule has 90 valence electrons. The molecule has 0 spiro atoms. The molecule has 0 saturated heterocycles. The molecule has 0 amide bonds. The molecule has 0 unspecified atom stereocenters. The van der Waals surface area contributed by atoms with E-state index in [1.807, 2.05) is 18.5 Å². The lowest BCUT2D eigenvalue weighted by molar-refractivity contribution is 0.434. The van der Waals surface area contributed by atoms with Crippen molar-refractivity contribution in [2.75, 3.05) is 7.05 Å². The van der Waals surface area contributed by atoms with Crippen LogP contribution in [0.2, 0.25) is 0 Å². The molecular weight excluding hydrogens is 235 g/mol. The Kier molecular flexibility index (Phi) is 3.26. The number of hydrogen-bond acceptors (Lipinski definition) is 3. The van der Waals surface area contributed by atoms with Crippen LogP contribution >= 0.6 is 11.3 Å². The molecule has 17 heavy (non-hydrogen) atoms. The third kappa shape index (κ3) is 2.53. The van der Waals surface area contributed by atoms with E-state index in [0.29, 0.717) is 0 Å². The minimum Gasteiger partial charge on any atom is -0.310 e. The Labute approximate surface area is 105 Å². The Morgan fingerprint density at radius 2 is 2.12 bits per heavy atom. The Balaban J connectivity index is 2.36. The van der Waals surface area contributed by atoms with Crippen LogP contribution in [0.15, 0.2) is 29.6 Å². The lowest BCUT2D eigenvalue weighted by atomic mass is 10.0. The van der Waals surface area contributed by atoms with Gasteiger partial charge in [-0.25, -0.2) is 9.37 Å². The van der Waals surface area contributed by atoms with Gasteiger partial charge in [0.2, 0.25) is 0 Å².